The van der Waals surface area contributed by atoms with Gasteiger partial charge >= 0.3 is 0 Å². The third-order valence-corrected chi connectivity index (χ3v) is 4.68. The molecule has 4 nitrogen and oxygen atoms in total. The number of aromatic hydroxyl groups is 1. The number of halogens is 1. The standard InChI is InChI=1S/C22H14ClNO3/c23-21(26)15-9-8-14-12-20(25)18(11-16(14)10-15)22(27)24-19-7-3-5-13-4-1-2-6-17(13)19/h1-12,25H,(H,24,27). The molecule has 0 aliphatic carbocycles. The summed E-state index contributed by atoms with van der Waals surface area (Å²) >= 11 is 5.53. The fraction of sp³-hybridized carbons (Fsp3) is 0. The van der Waals surface area contributed by atoms with Gasteiger partial charge in [0.25, 0.3) is 11.1 Å². The van der Waals surface area contributed by atoms with Gasteiger partial charge in [0.2, 0.25) is 0 Å². The van der Waals surface area contributed by atoms with E-state index in [0.29, 0.717) is 22.0 Å². The second-order valence-electron chi connectivity index (χ2n) is 6.19. The number of carbonyl (C=O) groups is 2. The minimum absolute atomic E-state index is 0.120. The van der Waals surface area contributed by atoms with Crippen molar-refractivity contribution in [2.45, 2.75) is 0 Å². The van der Waals surface area contributed by atoms with Gasteiger partial charge in [-0.2, -0.15) is 0 Å². The van der Waals surface area contributed by atoms with E-state index in [1.165, 1.54) is 6.07 Å². The van der Waals surface area contributed by atoms with Gasteiger partial charge in [0.15, 0.2) is 0 Å². The van der Waals surface area contributed by atoms with Crippen molar-refractivity contribution in [1.82, 2.24) is 0 Å². The number of fused-ring (bicyclic) bond motifs is 2. The Hall–Kier alpha value is -3.37. The molecule has 0 fully saturated rings. The molecule has 132 valence electrons. The molecule has 5 heteroatoms. The zero-order valence-electron chi connectivity index (χ0n) is 14.1. The van der Waals surface area contributed by atoms with Gasteiger partial charge in [0.1, 0.15) is 5.75 Å². The molecule has 4 aromatic rings. The van der Waals surface area contributed by atoms with Crippen LogP contribution in [0.4, 0.5) is 5.69 Å². The summed E-state index contributed by atoms with van der Waals surface area (Å²) < 4.78 is 0. The SMILES string of the molecule is O=C(Cl)c1ccc2cc(O)c(C(=O)Nc3cccc4ccccc34)cc2c1. The lowest BCUT2D eigenvalue weighted by Gasteiger charge is -2.11. The number of hydrogen-bond donors (Lipinski definition) is 2. The number of phenolic OH excluding ortho intramolecular Hbond substituents is 1. The van der Waals surface area contributed by atoms with Crippen molar-refractivity contribution in [2.24, 2.45) is 0 Å². The number of phenols is 1. The maximum atomic E-state index is 12.8. The van der Waals surface area contributed by atoms with Crippen LogP contribution in [-0.4, -0.2) is 16.3 Å². The number of carbonyl (C=O) groups excluding carboxylic acids is 2. The van der Waals surface area contributed by atoms with Gasteiger partial charge in [-0.3, -0.25) is 9.59 Å². The number of nitrogens with one attached hydrogen (secondary N) is 1. The van der Waals surface area contributed by atoms with Gasteiger partial charge in [0.05, 0.1) is 5.56 Å². The Morgan fingerprint density at radius 1 is 0.815 bits per heavy atom. The van der Waals surface area contributed by atoms with Crippen LogP contribution in [0.1, 0.15) is 20.7 Å². The first-order valence-electron chi connectivity index (χ1n) is 8.28. The van der Waals surface area contributed by atoms with Crippen molar-refractivity contribution < 1.29 is 14.7 Å². The van der Waals surface area contributed by atoms with Crippen molar-refractivity contribution in [3.05, 3.63) is 83.9 Å². The van der Waals surface area contributed by atoms with Crippen LogP contribution in [0.3, 0.4) is 0 Å². The van der Waals surface area contributed by atoms with E-state index in [9.17, 15) is 14.7 Å². The summed E-state index contributed by atoms with van der Waals surface area (Å²) in [7, 11) is 0. The topological polar surface area (TPSA) is 66.4 Å². The van der Waals surface area contributed by atoms with Gasteiger partial charge in [-0.05, 0) is 58.1 Å². The summed E-state index contributed by atoms with van der Waals surface area (Å²) in [5.41, 5.74) is 1.10. The Bertz CT molecular complexity index is 1210. The van der Waals surface area contributed by atoms with Crippen molar-refractivity contribution in [3.63, 3.8) is 0 Å². The Morgan fingerprint density at radius 3 is 2.41 bits per heavy atom. The van der Waals surface area contributed by atoms with Gasteiger partial charge in [0, 0.05) is 16.6 Å². The third-order valence-electron chi connectivity index (χ3n) is 4.46. The number of rotatable bonds is 3. The van der Waals surface area contributed by atoms with E-state index in [4.69, 9.17) is 11.6 Å². The fourth-order valence-corrected chi connectivity index (χ4v) is 3.23. The first-order valence-corrected chi connectivity index (χ1v) is 8.66. The van der Waals surface area contributed by atoms with Crippen LogP contribution in [0, 0.1) is 0 Å². The van der Waals surface area contributed by atoms with Crippen LogP contribution in [-0.2, 0) is 0 Å². The summed E-state index contributed by atoms with van der Waals surface area (Å²) in [6, 6.07) is 21.2. The number of hydrogen-bond acceptors (Lipinski definition) is 3. The number of benzene rings is 4. The molecule has 0 saturated heterocycles. The van der Waals surface area contributed by atoms with E-state index in [2.05, 4.69) is 5.32 Å². The lowest BCUT2D eigenvalue weighted by molar-refractivity contribution is 0.102. The molecule has 0 aliphatic rings. The van der Waals surface area contributed by atoms with E-state index in [1.807, 2.05) is 42.5 Å². The maximum Gasteiger partial charge on any atom is 0.259 e. The lowest BCUT2D eigenvalue weighted by Crippen LogP contribution is -2.12. The van der Waals surface area contributed by atoms with Crippen molar-refractivity contribution in [2.75, 3.05) is 5.32 Å². The second-order valence-corrected chi connectivity index (χ2v) is 6.53. The normalized spacial score (nSPS) is 10.9. The molecule has 0 bridgehead atoms. The van der Waals surface area contributed by atoms with E-state index < -0.39 is 11.1 Å². The van der Waals surface area contributed by atoms with Gasteiger partial charge in [-0.1, -0.05) is 42.5 Å². The Kier molecular flexibility index (Phi) is 4.26. The van der Waals surface area contributed by atoms with Gasteiger partial charge in [-0.25, -0.2) is 0 Å². The average molecular weight is 376 g/mol. The highest BCUT2D eigenvalue weighted by Crippen LogP contribution is 2.29. The van der Waals surface area contributed by atoms with Crippen LogP contribution in [0.5, 0.6) is 5.75 Å². The Morgan fingerprint density at radius 2 is 1.59 bits per heavy atom. The molecule has 0 heterocycles. The first-order chi connectivity index (χ1) is 13.0. The highest BCUT2D eigenvalue weighted by molar-refractivity contribution is 6.67. The molecular formula is C22H14ClNO3. The predicted molar refractivity (Wildman–Crippen MR) is 108 cm³/mol. The first kappa shape index (κ1) is 17.1. The molecule has 1 amide bonds. The van der Waals surface area contributed by atoms with Crippen LogP contribution >= 0.6 is 11.6 Å². The summed E-state index contributed by atoms with van der Waals surface area (Å²) in [4.78, 5) is 24.2. The van der Waals surface area contributed by atoms with Gasteiger partial charge < -0.3 is 10.4 Å². The number of anilines is 1. The largest absolute Gasteiger partial charge is 0.507 e. The fourth-order valence-electron chi connectivity index (χ4n) is 3.11. The molecule has 0 aromatic heterocycles. The zero-order valence-corrected chi connectivity index (χ0v) is 14.8. The third kappa shape index (κ3) is 3.23. The van der Waals surface area contributed by atoms with E-state index in [1.54, 1.807) is 24.3 Å². The molecule has 27 heavy (non-hydrogen) atoms. The van der Waals surface area contributed by atoms with Crippen molar-refractivity contribution in [1.29, 1.82) is 0 Å². The summed E-state index contributed by atoms with van der Waals surface area (Å²) in [5.74, 6) is -0.571. The molecule has 0 saturated carbocycles. The minimum Gasteiger partial charge on any atom is -0.507 e. The van der Waals surface area contributed by atoms with E-state index in [-0.39, 0.29) is 11.3 Å². The molecule has 0 spiro atoms. The molecular weight excluding hydrogens is 362 g/mol. The molecule has 0 unspecified atom stereocenters. The molecule has 0 aliphatic heterocycles. The quantitative estimate of drug-likeness (QED) is 0.475. The zero-order chi connectivity index (χ0) is 19.0. The Balaban J connectivity index is 1.75. The van der Waals surface area contributed by atoms with Crippen LogP contribution in [0.2, 0.25) is 0 Å². The Labute approximate surface area is 160 Å². The molecule has 2 N–H and O–H groups in total. The highest BCUT2D eigenvalue weighted by Gasteiger charge is 2.15. The second kappa shape index (κ2) is 6.74. The summed E-state index contributed by atoms with van der Waals surface area (Å²) in [6.07, 6.45) is 0. The molecule has 0 radical (unpaired) electrons. The van der Waals surface area contributed by atoms with E-state index >= 15 is 0 Å². The molecule has 4 rings (SSSR count). The lowest BCUT2D eigenvalue weighted by atomic mass is 10.0. The smallest absolute Gasteiger partial charge is 0.259 e. The van der Waals surface area contributed by atoms with Crippen molar-refractivity contribution in [3.8, 4) is 5.75 Å². The monoisotopic (exact) mass is 375 g/mol. The maximum absolute atomic E-state index is 12.8. The predicted octanol–water partition coefficient (Wildman–Crippen LogP) is 5.33. The molecule has 4 aromatic carbocycles. The molecule has 0 atom stereocenters. The highest BCUT2D eigenvalue weighted by atomic mass is 35.5. The minimum atomic E-state index is -0.577. The van der Waals surface area contributed by atoms with Gasteiger partial charge in [-0.15, -0.1) is 0 Å². The summed E-state index contributed by atoms with van der Waals surface area (Å²) in [5, 5.41) is 15.8. The van der Waals surface area contributed by atoms with E-state index in [0.717, 1.165) is 10.8 Å². The number of amides is 1. The van der Waals surface area contributed by atoms with Crippen LogP contribution in [0.25, 0.3) is 21.5 Å². The van der Waals surface area contributed by atoms with Crippen LogP contribution < -0.4 is 5.32 Å². The van der Waals surface area contributed by atoms with Crippen LogP contribution in [0.15, 0.2) is 72.8 Å². The average Bonchev–Trinajstić information content (AvgIpc) is 2.67. The summed E-state index contributed by atoms with van der Waals surface area (Å²) in [6.45, 7) is 0. The van der Waals surface area contributed by atoms with Crippen molar-refractivity contribution >= 4 is 50.0 Å².